The SMILES string of the molecule is N#CC(C=Cc1ccccc1)=COC(=O)O. The van der Waals surface area contributed by atoms with Crippen molar-refractivity contribution in [1.82, 2.24) is 0 Å². The average molecular weight is 215 g/mol. The van der Waals surface area contributed by atoms with E-state index in [0.29, 0.717) is 0 Å². The third kappa shape index (κ3) is 4.11. The first-order valence-corrected chi connectivity index (χ1v) is 4.45. The topological polar surface area (TPSA) is 70.3 Å². The molecule has 0 saturated carbocycles. The molecule has 1 rings (SSSR count). The second kappa shape index (κ2) is 6.04. The number of hydrogen-bond acceptors (Lipinski definition) is 3. The van der Waals surface area contributed by atoms with Crippen LogP contribution < -0.4 is 0 Å². The first-order chi connectivity index (χ1) is 7.72. The van der Waals surface area contributed by atoms with Gasteiger partial charge in [0.15, 0.2) is 0 Å². The molecule has 4 heteroatoms. The number of rotatable bonds is 3. The molecule has 0 atom stereocenters. The highest BCUT2D eigenvalue weighted by Crippen LogP contribution is 2.04. The van der Waals surface area contributed by atoms with Crippen LogP contribution in [0.5, 0.6) is 0 Å². The Hall–Kier alpha value is -2.54. The van der Waals surface area contributed by atoms with Gasteiger partial charge in [0.2, 0.25) is 0 Å². The minimum Gasteiger partial charge on any atom is -0.449 e. The van der Waals surface area contributed by atoms with Gasteiger partial charge in [-0.25, -0.2) is 4.79 Å². The summed E-state index contributed by atoms with van der Waals surface area (Å²) in [5, 5.41) is 16.9. The molecule has 1 N–H and O–H groups in total. The molecule has 0 aliphatic rings. The van der Waals surface area contributed by atoms with Gasteiger partial charge in [0.1, 0.15) is 12.3 Å². The number of ether oxygens (including phenoxy) is 1. The molecule has 0 fully saturated rings. The molecule has 1 aromatic carbocycles. The fourth-order valence-corrected chi connectivity index (χ4v) is 0.967. The summed E-state index contributed by atoms with van der Waals surface area (Å²) in [5.74, 6) is 0. The van der Waals surface area contributed by atoms with Crippen molar-refractivity contribution in [2.75, 3.05) is 0 Å². The molecule has 16 heavy (non-hydrogen) atoms. The third-order valence-electron chi connectivity index (χ3n) is 1.67. The number of carboxylic acid groups (broad SMARTS) is 1. The fourth-order valence-electron chi connectivity index (χ4n) is 0.967. The molecule has 0 bridgehead atoms. The van der Waals surface area contributed by atoms with Crippen LogP contribution in [0.3, 0.4) is 0 Å². The molecule has 0 aliphatic carbocycles. The highest BCUT2D eigenvalue weighted by Gasteiger charge is 1.94. The van der Waals surface area contributed by atoms with Gasteiger partial charge in [-0.05, 0) is 11.6 Å². The Morgan fingerprint density at radius 2 is 2.06 bits per heavy atom. The Balaban J connectivity index is 2.72. The largest absolute Gasteiger partial charge is 0.510 e. The van der Waals surface area contributed by atoms with Crippen molar-refractivity contribution in [3.63, 3.8) is 0 Å². The van der Waals surface area contributed by atoms with Crippen molar-refractivity contribution < 1.29 is 14.6 Å². The molecule has 4 nitrogen and oxygen atoms in total. The average Bonchev–Trinajstić information content (AvgIpc) is 2.30. The maximum atomic E-state index is 10.1. The molecule has 0 spiro atoms. The van der Waals surface area contributed by atoms with Crippen LogP contribution in [0, 0.1) is 11.3 Å². The molecule has 0 saturated heterocycles. The van der Waals surface area contributed by atoms with Gasteiger partial charge in [-0.1, -0.05) is 36.4 Å². The van der Waals surface area contributed by atoms with E-state index in [2.05, 4.69) is 4.74 Å². The van der Waals surface area contributed by atoms with Crippen molar-refractivity contribution in [3.05, 3.63) is 53.8 Å². The van der Waals surface area contributed by atoms with Crippen LogP contribution in [0.15, 0.2) is 48.2 Å². The smallest absolute Gasteiger partial charge is 0.449 e. The van der Waals surface area contributed by atoms with Crippen molar-refractivity contribution in [3.8, 4) is 6.07 Å². The number of nitrogens with zero attached hydrogens (tertiary/aromatic N) is 1. The van der Waals surface area contributed by atoms with E-state index in [1.54, 1.807) is 6.08 Å². The summed E-state index contributed by atoms with van der Waals surface area (Å²) < 4.78 is 4.16. The number of allylic oxidation sites excluding steroid dienone is 2. The van der Waals surface area contributed by atoms with E-state index in [1.807, 2.05) is 36.4 Å². The molecule has 1 aromatic rings. The second-order valence-corrected chi connectivity index (χ2v) is 2.81. The van der Waals surface area contributed by atoms with Crippen molar-refractivity contribution in [1.29, 1.82) is 5.26 Å². The molecule has 0 radical (unpaired) electrons. The van der Waals surface area contributed by atoms with Gasteiger partial charge in [0.25, 0.3) is 0 Å². The van der Waals surface area contributed by atoms with Crippen LogP contribution >= 0.6 is 0 Å². The van der Waals surface area contributed by atoms with Gasteiger partial charge >= 0.3 is 6.16 Å². The summed E-state index contributed by atoms with van der Waals surface area (Å²) in [5.41, 5.74) is 1.05. The zero-order valence-corrected chi connectivity index (χ0v) is 8.33. The standard InChI is InChI=1S/C12H9NO3/c13-8-11(9-16-12(14)15)7-6-10-4-2-1-3-5-10/h1-7,9H,(H,14,15). The predicted octanol–water partition coefficient (Wildman–Crippen LogP) is 2.80. The molecule has 0 unspecified atom stereocenters. The van der Waals surface area contributed by atoms with Gasteiger partial charge in [-0.15, -0.1) is 0 Å². The van der Waals surface area contributed by atoms with Gasteiger partial charge in [0, 0.05) is 0 Å². The summed E-state index contributed by atoms with van der Waals surface area (Å²) >= 11 is 0. The quantitative estimate of drug-likeness (QED) is 0.364. The lowest BCUT2D eigenvalue weighted by atomic mass is 10.2. The number of carbonyl (C=O) groups is 1. The van der Waals surface area contributed by atoms with Crippen molar-refractivity contribution >= 4 is 12.2 Å². The molecule has 0 aromatic heterocycles. The van der Waals surface area contributed by atoms with E-state index in [1.165, 1.54) is 6.08 Å². The second-order valence-electron chi connectivity index (χ2n) is 2.81. The van der Waals surface area contributed by atoms with Gasteiger partial charge in [-0.2, -0.15) is 5.26 Å². The van der Waals surface area contributed by atoms with Crippen LogP contribution in [0.1, 0.15) is 5.56 Å². The number of benzene rings is 1. The Morgan fingerprint density at radius 3 is 2.62 bits per heavy atom. The minimum atomic E-state index is -1.44. The fraction of sp³-hybridized carbons (Fsp3) is 0. The zero-order chi connectivity index (χ0) is 11.8. The Bertz CT molecular complexity index is 455. The summed E-state index contributed by atoms with van der Waals surface area (Å²) in [4.78, 5) is 10.1. The Labute approximate surface area is 92.7 Å². The molecule has 0 heterocycles. The van der Waals surface area contributed by atoms with Crippen LogP contribution in [0.2, 0.25) is 0 Å². The first kappa shape index (κ1) is 11.5. The van der Waals surface area contributed by atoms with Crippen molar-refractivity contribution in [2.45, 2.75) is 0 Å². The lowest BCUT2D eigenvalue weighted by Gasteiger charge is -1.92. The van der Waals surface area contributed by atoms with E-state index in [4.69, 9.17) is 10.4 Å². The molecule has 80 valence electrons. The maximum absolute atomic E-state index is 10.1. The highest BCUT2D eigenvalue weighted by atomic mass is 16.7. The van der Waals surface area contributed by atoms with Gasteiger partial charge < -0.3 is 9.84 Å². The summed E-state index contributed by atoms with van der Waals surface area (Å²) in [6.07, 6.45) is 2.63. The molecular weight excluding hydrogens is 206 g/mol. The first-order valence-electron chi connectivity index (χ1n) is 4.45. The van der Waals surface area contributed by atoms with E-state index in [0.717, 1.165) is 11.8 Å². The summed E-state index contributed by atoms with van der Waals surface area (Å²) in [7, 11) is 0. The van der Waals surface area contributed by atoms with Gasteiger partial charge in [0.05, 0.1) is 5.57 Å². The van der Waals surface area contributed by atoms with E-state index in [9.17, 15) is 4.79 Å². The monoisotopic (exact) mass is 215 g/mol. The van der Waals surface area contributed by atoms with E-state index >= 15 is 0 Å². The molecule has 0 amide bonds. The number of nitriles is 1. The van der Waals surface area contributed by atoms with E-state index < -0.39 is 6.16 Å². The third-order valence-corrected chi connectivity index (χ3v) is 1.67. The summed E-state index contributed by atoms with van der Waals surface area (Å²) in [6, 6.07) is 11.2. The Kier molecular flexibility index (Phi) is 4.35. The van der Waals surface area contributed by atoms with Crippen LogP contribution in [-0.4, -0.2) is 11.3 Å². The lowest BCUT2D eigenvalue weighted by Crippen LogP contribution is -1.92. The maximum Gasteiger partial charge on any atom is 0.510 e. The predicted molar refractivity (Wildman–Crippen MR) is 58.3 cm³/mol. The Morgan fingerprint density at radius 1 is 1.38 bits per heavy atom. The van der Waals surface area contributed by atoms with E-state index in [-0.39, 0.29) is 5.57 Å². The van der Waals surface area contributed by atoms with Crippen LogP contribution in [0.25, 0.3) is 6.08 Å². The van der Waals surface area contributed by atoms with Crippen LogP contribution in [-0.2, 0) is 4.74 Å². The zero-order valence-electron chi connectivity index (χ0n) is 8.33. The van der Waals surface area contributed by atoms with Gasteiger partial charge in [-0.3, -0.25) is 0 Å². The van der Waals surface area contributed by atoms with Crippen LogP contribution in [0.4, 0.5) is 4.79 Å². The number of hydrogen-bond donors (Lipinski definition) is 1. The summed E-state index contributed by atoms with van der Waals surface area (Å²) in [6.45, 7) is 0. The van der Waals surface area contributed by atoms with Crippen molar-refractivity contribution in [2.24, 2.45) is 0 Å². The highest BCUT2D eigenvalue weighted by molar-refractivity contribution is 5.59. The lowest BCUT2D eigenvalue weighted by molar-refractivity contribution is 0.128. The minimum absolute atomic E-state index is 0.131. The molecular formula is C12H9NO3. The molecule has 0 aliphatic heterocycles. The normalized spacial score (nSPS) is 11.1.